The average molecular weight is 304 g/mol. The maximum Gasteiger partial charge on any atom is 0.295 e. The van der Waals surface area contributed by atoms with Crippen molar-refractivity contribution >= 4 is 23.0 Å². The van der Waals surface area contributed by atoms with Crippen LogP contribution in [0.5, 0.6) is 0 Å². The first-order valence-corrected chi connectivity index (χ1v) is 6.59. The van der Waals surface area contributed by atoms with Gasteiger partial charge in [0.05, 0.1) is 28.2 Å². The molecule has 110 valence electrons. The van der Waals surface area contributed by atoms with Crippen molar-refractivity contribution in [3.8, 4) is 0 Å². The number of nitro benzene ring substituents is 1. The number of ether oxygens (including phenoxy) is 1. The molecule has 20 heavy (non-hydrogen) atoms. The van der Waals surface area contributed by atoms with E-state index in [0.717, 1.165) is 6.07 Å². The second-order valence-electron chi connectivity index (χ2n) is 4.60. The van der Waals surface area contributed by atoms with Crippen LogP contribution in [0, 0.1) is 15.9 Å². The van der Waals surface area contributed by atoms with Crippen molar-refractivity contribution in [2.75, 3.05) is 11.9 Å². The van der Waals surface area contributed by atoms with Crippen LogP contribution in [-0.2, 0) is 4.74 Å². The molecule has 8 heteroatoms. The number of anilines is 1. The van der Waals surface area contributed by atoms with E-state index in [1.807, 2.05) is 6.92 Å². The van der Waals surface area contributed by atoms with Crippen molar-refractivity contribution in [3.05, 3.63) is 33.1 Å². The number of rotatable bonds is 5. The maximum atomic E-state index is 13.3. The van der Waals surface area contributed by atoms with Crippen molar-refractivity contribution in [1.82, 2.24) is 0 Å². The fourth-order valence-corrected chi connectivity index (χ4v) is 2.37. The summed E-state index contributed by atoms with van der Waals surface area (Å²) in [5.74, 6) is -0.830. The van der Waals surface area contributed by atoms with Crippen LogP contribution < -0.4 is 11.1 Å². The molecule has 0 amide bonds. The van der Waals surface area contributed by atoms with Crippen LogP contribution in [0.25, 0.3) is 0 Å². The van der Waals surface area contributed by atoms with Crippen molar-refractivity contribution in [2.24, 2.45) is 5.73 Å². The lowest BCUT2D eigenvalue weighted by atomic mass is 9.83. The molecule has 0 radical (unpaired) electrons. The first-order chi connectivity index (χ1) is 9.43. The molecule has 3 unspecified atom stereocenters. The molecule has 1 aromatic carbocycles. The molecule has 0 saturated heterocycles. The zero-order valence-electron chi connectivity index (χ0n) is 10.8. The topological polar surface area (TPSA) is 90.4 Å². The third-order valence-corrected chi connectivity index (χ3v) is 3.59. The van der Waals surface area contributed by atoms with Crippen LogP contribution >= 0.6 is 11.6 Å². The van der Waals surface area contributed by atoms with E-state index in [1.165, 1.54) is 6.07 Å². The van der Waals surface area contributed by atoms with E-state index < -0.39 is 10.7 Å². The Hall–Kier alpha value is -1.44. The molecule has 0 aromatic heterocycles. The molecular formula is C12H15ClFN3O3. The number of nitrogens with one attached hydrogen (secondary N) is 1. The maximum absolute atomic E-state index is 13.3. The molecule has 0 aliphatic heterocycles. The predicted octanol–water partition coefficient (Wildman–Crippen LogP) is 2.30. The van der Waals surface area contributed by atoms with Crippen LogP contribution in [0.4, 0.5) is 15.8 Å². The summed E-state index contributed by atoms with van der Waals surface area (Å²) in [4.78, 5) is 10.3. The van der Waals surface area contributed by atoms with Gasteiger partial charge in [-0.15, -0.1) is 0 Å². The molecule has 0 spiro atoms. The summed E-state index contributed by atoms with van der Waals surface area (Å²) < 4.78 is 18.8. The Bertz CT molecular complexity index is 527. The third-order valence-electron chi connectivity index (χ3n) is 3.30. The Balaban J connectivity index is 2.24. The number of nitrogens with zero attached hydrogens (tertiary/aromatic N) is 1. The molecule has 3 atom stereocenters. The van der Waals surface area contributed by atoms with Gasteiger partial charge in [-0.2, -0.15) is 0 Å². The van der Waals surface area contributed by atoms with E-state index in [9.17, 15) is 14.5 Å². The minimum Gasteiger partial charge on any atom is -0.376 e. The van der Waals surface area contributed by atoms with Gasteiger partial charge in [0, 0.05) is 12.6 Å². The van der Waals surface area contributed by atoms with E-state index in [4.69, 9.17) is 22.1 Å². The fourth-order valence-electron chi connectivity index (χ4n) is 2.21. The van der Waals surface area contributed by atoms with Crippen LogP contribution in [0.3, 0.4) is 0 Å². The number of halogens is 2. The van der Waals surface area contributed by atoms with Gasteiger partial charge in [0.2, 0.25) is 0 Å². The van der Waals surface area contributed by atoms with Crippen molar-refractivity contribution in [1.29, 1.82) is 0 Å². The Morgan fingerprint density at radius 3 is 2.90 bits per heavy atom. The van der Waals surface area contributed by atoms with E-state index in [-0.39, 0.29) is 34.6 Å². The molecule has 2 rings (SSSR count). The summed E-state index contributed by atoms with van der Waals surface area (Å²) in [6, 6.07) is 1.57. The zero-order chi connectivity index (χ0) is 14.9. The van der Waals surface area contributed by atoms with Crippen LogP contribution in [0.1, 0.15) is 13.3 Å². The highest BCUT2D eigenvalue weighted by Crippen LogP contribution is 2.34. The van der Waals surface area contributed by atoms with E-state index >= 15 is 0 Å². The number of hydrogen-bond acceptors (Lipinski definition) is 5. The van der Waals surface area contributed by atoms with Crippen molar-refractivity contribution < 1.29 is 14.1 Å². The highest BCUT2D eigenvalue weighted by molar-refractivity contribution is 6.31. The minimum absolute atomic E-state index is 0.113. The second-order valence-corrected chi connectivity index (χ2v) is 5.01. The largest absolute Gasteiger partial charge is 0.376 e. The summed E-state index contributed by atoms with van der Waals surface area (Å²) in [5, 5.41) is 13.7. The molecule has 1 aliphatic carbocycles. The molecule has 1 saturated carbocycles. The van der Waals surface area contributed by atoms with E-state index in [2.05, 4.69) is 5.32 Å². The second kappa shape index (κ2) is 5.90. The minimum atomic E-state index is -0.830. The summed E-state index contributed by atoms with van der Waals surface area (Å²) in [6.07, 6.45) is 0.562. The highest BCUT2D eigenvalue weighted by atomic mass is 35.5. The van der Waals surface area contributed by atoms with Gasteiger partial charge < -0.3 is 15.8 Å². The standard InChI is InChI=1S/C12H15ClFN3O3/c1-2-20-11-5-8(15)12(11)16-9-3-6(13)7(14)4-10(9)17(18)19/h3-4,8,11-12,16H,2,5,15H2,1H3. The van der Waals surface area contributed by atoms with Gasteiger partial charge in [-0.05, 0) is 19.4 Å². The van der Waals surface area contributed by atoms with Gasteiger partial charge in [-0.3, -0.25) is 10.1 Å². The molecule has 1 aliphatic rings. The van der Waals surface area contributed by atoms with Crippen LogP contribution in [0.15, 0.2) is 12.1 Å². The van der Waals surface area contributed by atoms with E-state index in [1.54, 1.807) is 0 Å². The summed E-state index contributed by atoms with van der Waals surface area (Å²) in [7, 11) is 0. The predicted molar refractivity (Wildman–Crippen MR) is 73.5 cm³/mol. The molecule has 0 heterocycles. The molecule has 3 N–H and O–H groups in total. The lowest BCUT2D eigenvalue weighted by molar-refractivity contribution is -0.384. The van der Waals surface area contributed by atoms with Crippen LogP contribution in [-0.4, -0.2) is 29.7 Å². The van der Waals surface area contributed by atoms with Crippen molar-refractivity contribution in [3.63, 3.8) is 0 Å². The molecular weight excluding hydrogens is 289 g/mol. The lowest BCUT2D eigenvalue weighted by Gasteiger charge is -2.42. The quantitative estimate of drug-likeness (QED) is 0.643. The summed E-state index contributed by atoms with van der Waals surface area (Å²) in [5.41, 5.74) is 5.64. The van der Waals surface area contributed by atoms with Gasteiger partial charge in [-0.1, -0.05) is 11.6 Å². The summed E-state index contributed by atoms with van der Waals surface area (Å²) >= 11 is 5.67. The molecule has 6 nitrogen and oxygen atoms in total. The first-order valence-electron chi connectivity index (χ1n) is 6.21. The smallest absolute Gasteiger partial charge is 0.295 e. The molecule has 0 bridgehead atoms. The monoisotopic (exact) mass is 303 g/mol. The number of nitrogens with two attached hydrogens (primary N) is 1. The van der Waals surface area contributed by atoms with Gasteiger partial charge in [0.15, 0.2) is 0 Å². The Labute approximate surface area is 120 Å². The average Bonchev–Trinajstić information content (AvgIpc) is 2.39. The Morgan fingerprint density at radius 2 is 2.35 bits per heavy atom. The number of hydrogen-bond donors (Lipinski definition) is 2. The summed E-state index contributed by atoms with van der Waals surface area (Å²) in [6.45, 7) is 2.39. The van der Waals surface area contributed by atoms with Crippen LogP contribution in [0.2, 0.25) is 5.02 Å². The Morgan fingerprint density at radius 1 is 1.65 bits per heavy atom. The van der Waals surface area contributed by atoms with Crippen molar-refractivity contribution in [2.45, 2.75) is 31.5 Å². The van der Waals surface area contributed by atoms with Gasteiger partial charge in [0.25, 0.3) is 5.69 Å². The zero-order valence-corrected chi connectivity index (χ0v) is 11.6. The lowest BCUT2D eigenvalue weighted by Crippen LogP contribution is -2.60. The SMILES string of the molecule is CCOC1CC(N)C1Nc1cc(Cl)c(F)cc1[N+](=O)[O-]. The van der Waals surface area contributed by atoms with Gasteiger partial charge >= 0.3 is 0 Å². The van der Waals surface area contributed by atoms with Gasteiger partial charge in [-0.25, -0.2) is 4.39 Å². The first kappa shape index (κ1) is 15.0. The molecule has 1 aromatic rings. The van der Waals surface area contributed by atoms with E-state index in [0.29, 0.717) is 13.0 Å². The normalized spacial score (nSPS) is 25.1. The van der Waals surface area contributed by atoms with Gasteiger partial charge in [0.1, 0.15) is 11.5 Å². The number of nitro groups is 1. The highest BCUT2D eigenvalue weighted by Gasteiger charge is 2.40. The fraction of sp³-hybridized carbons (Fsp3) is 0.500. The number of benzene rings is 1. The molecule has 1 fully saturated rings. The third kappa shape index (κ3) is 2.84. The Kier molecular flexibility index (Phi) is 4.42.